The van der Waals surface area contributed by atoms with Gasteiger partial charge in [0.25, 0.3) is 0 Å². The molecule has 0 radical (unpaired) electrons. The smallest absolute Gasteiger partial charge is 0.102 e. The molecular formula is C15H26NO+. The van der Waals surface area contributed by atoms with Crippen LogP contribution < -0.4 is 0 Å². The van der Waals surface area contributed by atoms with Crippen LogP contribution in [0.25, 0.3) is 0 Å². The van der Waals surface area contributed by atoms with Crippen LogP contribution in [0, 0.1) is 0 Å². The summed E-state index contributed by atoms with van der Waals surface area (Å²) < 4.78 is 6.45. The van der Waals surface area contributed by atoms with Gasteiger partial charge in [-0.05, 0) is 18.9 Å². The maximum Gasteiger partial charge on any atom is 0.102 e. The van der Waals surface area contributed by atoms with E-state index in [0.29, 0.717) is 0 Å². The van der Waals surface area contributed by atoms with Crippen LogP contribution in [-0.2, 0) is 11.2 Å². The summed E-state index contributed by atoms with van der Waals surface area (Å²) in [5.41, 5.74) is 1.41. The Labute approximate surface area is 106 Å². The lowest BCUT2D eigenvalue weighted by atomic mass is 10.2. The van der Waals surface area contributed by atoms with Gasteiger partial charge in [0.05, 0.1) is 26.8 Å². The fraction of sp³-hybridized carbons (Fsp3) is 0.600. The fourth-order valence-electron chi connectivity index (χ4n) is 1.81. The van der Waals surface area contributed by atoms with Gasteiger partial charge in [-0.15, -0.1) is 0 Å². The molecule has 96 valence electrons. The number of hydrogen-bond donors (Lipinski definition) is 0. The highest BCUT2D eigenvalue weighted by Crippen LogP contribution is 2.05. The average molecular weight is 236 g/mol. The van der Waals surface area contributed by atoms with Crippen LogP contribution in [-0.4, -0.2) is 44.4 Å². The van der Waals surface area contributed by atoms with Crippen molar-refractivity contribution in [1.82, 2.24) is 0 Å². The van der Waals surface area contributed by atoms with E-state index in [2.05, 4.69) is 45.2 Å². The Kier molecular flexibility index (Phi) is 6.23. The third kappa shape index (κ3) is 5.33. The molecular weight excluding hydrogens is 210 g/mol. The molecule has 1 heterocycles. The van der Waals surface area contributed by atoms with Crippen LogP contribution in [0.4, 0.5) is 0 Å². The molecule has 0 atom stereocenters. The topological polar surface area (TPSA) is 9.23 Å². The molecule has 1 aliphatic heterocycles. The second-order valence-corrected chi connectivity index (χ2v) is 4.83. The molecule has 1 fully saturated rings. The summed E-state index contributed by atoms with van der Waals surface area (Å²) in [7, 11) is 2.29. The lowest BCUT2D eigenvalue weighted by Gasteiger charge is -2.36. The van der Waals surface area contributed by atoms with E-state index >= 15 is 0 Å². The van der Waals surface area contributed by atoms with E-state index in [0.717, 1.165) is 19.6 Å². The summed E-state index contributed by atoms with van der Waals surface area (Å²) >= 11 is 0. The zero-order valence-corrected chi connectivity index (χ0v) is 11.5. The van der Waals surface area contributed by atoms with Crippen molar-refractivity contribution in [2.75, 3.05) is 39.9 Å². The third-order valence-electron chi connectivity index (χ3n) is 3.57. The zero-order valence-electron chi connectivity index (χ0n) is 11.5. The molecule has 0 unspecified atom stereocenters. The number of nitrogens with zero attached hydrogens (tertiary/aromatic N) is 1. The third-order valence-corrected chi connectivity index (χ3v) is 3.57. The van der Waals surface area contributed by atoms with Crippen LogP contribution in [0.5, 0.6) is 0 Å². The van der Waals surface area contributed by atoms with Crippen LogP contribution in [0.15, 0.2) is 30.3 Å². The zero-order chi connectivity index (χ0) is 12.6. The summed E-state index contributed by atoms with van der Waals surface area (Å²) in [6, 6.07) is 10.5. The second kappa shape index (κ2) is 7.46. The lowest BCUT2D eigenvalue weighted by Crippen LogP contribution is -2.51. The highest BCUT2D eigenvalue weighted by molar-refractivity contribution is 5.13. The molecule has 2 rings (SSSR count). The largest absolute Gasteiger partial charge is 0.370 e. The molecule has 1 saturated heterocycles. The minimum Gasteiger partial charge on any atom is -0.370 e. The number of ether oxygens (including phenoxy) is 1. The Morgan fingerprint density at radius 3 is 2.00 bits per heavy atom. The summed E-state index contributed by atoms with van der Waals surface area (Å²) in [5.74, 6) is 0. The molecule has 2 heteroatoms. The van der Waals surface area contributed by atoms with Crippen molar-refractivity contribution in [2.45, 2.75) is 20.3 Å². The predicted molar refractivity (Wildman–Crippen MR) is 73.1 cm³/mol. The standard InChI is InChI=1S/C8H10.C7H16NO/c1-2-8-6-4-3-5-7-8;1-3-8(2)4-6-9-7-5-8/h3-7H,2H2,1H3;3-7H2,1-2H3/q;+1. The summed E-state index contributed by atoms with van der Waals surface area (Å²) in [6.45, 7) is 9.92. The van der Waals surface area contributed by atoms with Crippen molar-refractivity contribution in [3.8, 4) is 0 Å². The quantitative estimate of drug-likeness (QED) is 0.717. The van der Waals surface area contributed by atoms with Crippen LogP contribution in [0.3, 0.4) is 0 Å². The number of hydrogen-bond acceptors (Lipinski definition) is 1. The Morgan fingerprint density at radius 1 is 1.06 bits per heavy atom. The first-order valence-electron chi connectivity index (χ1n) is 6.65. The molecule has 0 N–H and O–H groups in total. The van der Waals surface area contributed by atoms with E-state index in [1.807, 2.05) is 6.07 Å². The molecule has 2 nitrogen and oxygen atoms in total. The van der Waals surface area contributed by atoms with Crippen molar-refractivity contribution in [3.05, 3.63) is 35.9 Å². The van der Waals surface area contributed by atoms with E-state index in [1.54, 1.807) is 0 Å². The number of morpholine rings is 1. The molecule has 0 amide bonds. The Balaban J connectivity index is 0.000000171. The van der Waals surface area contributed by atoms with Gasteiger partial charge in [-0.25, -0.2) is 0 Å². The lowest BCUT2D eigenvalue weighted by molar-refractivity contribution is -0.915. The van der Waals surface area contributed by atoms with Gasteiger partial charge in [0.1, 0.15) is 13.1 Å². The maximum atomic E-state index is 5.25. The van der Waals surface area contributed by atoms with Gasteiger partial charge in [0.15, 0.2) is 0 Å². The molecule has 0 spiro atoms. The molecule has 0 aliphatic carbocycles. The van der Waals surface area contributed by atoms with Crippen molar-refractivity contribution in [2.24, 2.45) is 0 Å². The van der Waals surface area contributed by atoms with Crippen molar-refractivity contribution < 1.29 is 9.22 Å². The number of benzene rings is 1. The monoisotopic (exact) mass is 236 g/mol. The van der Waals surface area contributed by atoms with Crippen LogP contribution in [0.1, 0.15) is 19.4 Å². The number of quaternary nitrogens is 1. The number of likely N-dealkylation sites (N-methyl/N-ethyl adjacent to an activating group) is 1. The Bertz CT molecular complexity index is 291. The van der Waals surface area contributed by atoms with Crippen LogP contribution in [0.2, 0.25) is 0 Å². The van der Waals surface area contributed by atoms with Crippen molar-refractivity contribution in [1.29, 1.82) is 0 Å². The first-order valence-corrected chi connectivity index (χ1v) is 6.65. The molecule has 17 heavy (non-hydrogen) atoms. The summed E-state index contributed by atoms with van der Waals surface area (Å²) in [5, 5.41) is 0. The molecule has 0 bridgehead atoms. The van der Waals surface area contributed by atoms with Gasteiger partial charge >= 0.3 is 0 Å². The SMILES string of the molecule is CC[N+]1(C)CCOCC1.CCc1ccccc1. The molecule has 1 aromatic carbocycles. The van der Waals surface area contributed by atoms with Gasteiger partial charge in [-0.3, -0.25) is 0 Å². The van der Waals surface area contributed by atoms with Gasteiger partial charge < -0.3 is 9.22 Å². The highest BCUT2D eigenvalue weighted by Gasteiger charge is 2.21. The average Bonchev–Trinajstić information content (AvgIpc) is 2.41. The first kappa shape index (κ1) is 14.2. The summed E-state index contributed by atoms with van der Waals surface area (Å²) in [6.07, 6.45) is 1.14. The van der Waals surface area contributed by atoms with Gasteiger partial charge in [0.2, 0.25) is 0 Å². The fourth-order valence-corrected chi connectivity index (χ4v) is 1.81. The Hall–Kier alpha value is -0.860. The normalized spacial score (nSPS) is 18.1. The maximum absolute atomic E-state index is 5.25. The van der Waals surface area contributed by atoms with Gasteiger partial charge in [0, 0.05) is 0 Å². The van der Waals surface area contributed by atoms with Crippen molar-refractivity contribution >= 4 is 0 Å². The summed E-state index contributed by atoms with van der Waals surface area (Å²) in [4.78, 5) is 0. The minimum atomic E-state index is 0.949. The van der Waals surface area contributed by atoms with Gasteiger partial charge in [-0.1, -0.05) is 37.3 Å². The van der Waals surface area contributed by atoms with E-state index in [1.165, 1.54) is 29.7 Å². The van der Waals surface area contributed by atoms with E-state index < -0.39 is 0 Å². The second-order valence-electron chi connectivity index (χ2n) is 4.83. The molecule has 1 aliphatic rings. The van der Waals surface area contributed by atoms with Crippen LogP contribution >= 0.6 is 0 Å². The molecule has 1 aromatic rings. The van der Waals surface area contributed by atoms with E-state index in [4.69, 9.17) is 4.74 Å². The predicted octanol–water partition coefficient (Wildman–Crippen LogP) is 2.73. The Morgan fingerprint density at radius 2 is 1.65 bits per heavy atom. The molecule has 0 aromatic heterocycles. The van der Waals surface area contributed by atoms with Crippen molar-refractivity contribution in [3.63, 3.8) is 0 Å². The number of aryl methyl sites for hydroxylation is 1. The molecule has 0 saturated carbocycles. The minimum absolute atomic E-state index is 0.949. The van der Waals surface area contributed by atoms with E-state index in [-0.39, 0.29) is 0 Å². The first-order chi connectivity index (χ1) is 8.20. The number of rotatable bonds is 2. The highest BCUT2D eigenvalue weighted by atomic mass is 16.5. The van der Waals surface area contributed by atoms with E-state index in [9.17, 15) is 0 Å². The van der Waals surface area contributed by atoms with Gasteiger partial charge in [-0.2, -0.15) is 0 Å².